The van der Waals surface area contributed by atoms with Gasteiger partial charge in [0, 0.05) is 24.5 Å². The molecule has 0 aliphatic carbocycles. The Hall–Kier alpha value is -2.04. The summed E-state index contributed by atoms with van der Waals surface area (Å²) in [5, 5.41) is 6.10. The average Bonchev–Trinajstić information content (AvgIpc) is 2.58. The number of nitrogen functional groups attached to an aromatic ring is 1. The van der Waals surface area contributed by atoms with Crippen LogP contribution in [0.3, 0.4) is 0 Å². The first-order chi connectivity index (χ1) is 6.29. The molecule has 0 aliphatic rings. The van der Waals surface area contributed by atoms with Crippen molar-refractivity contribution < 1.29 is 0 Å². The van der Waals surface area contributed by atoms with Crippen molar-refractivity contribution in [3.63, 3.8) is 0 Å². The number of aromatic amines is 2. The maximum atomic E-state index is 10.2. The summed E-state index contributed by atoms with van der Waals surface area (Å²) in [4.78, 5) is 13.0. The number of nitrogens with two attached hydrogens (primary N) is 1. The minimum Gasteiger partial charge on any atom is -0.384 e. The second kappa shape index (κ2) is 4.76. The SMILES string of the molecule is Nc1ccn[nH]1.O=c1cc[nH]cc1. The van der Waals surface area contributed by atoms with Crippen LogP contribution >= 0.6 is 0 Å². The van der Waals surface area contributed by atoms with Crippen LogP contribution < -0.4 is 11.2 Å². The standard InChI is InChI=1S/C5H5NO.C3H5N3/c7-5-1-3-6-4-2-5;4-3-1-2-5-6-3/h1-4H,(H,6,7);1-2H,(H3,4,5,6). The highest BCUT2D eigenvalue weighted by Crippen LogP contribution is 1.86. The Labute approximate surface area is 74.6 Å². The summed E-state index contributed by atoms with van der Waals surface area (Å²) in [5.74, 6) is 0.606. The lowest BCUT2D eigenvalue weighted by molar-refractivity contribution is 1.10. The number of pyridine rings is 1. The Morgan fingerprint density at radius 3 is 2.15 bits per heavy atom. The van der Waals surface area contributed by atoms with Gasteiger partial charge in [0.05, 0.1) is 6.20 Å². The summed E-state index contributed by atoms with van der Waals surface area (Å²) in [6.45, 7) is 0. The lowest BCUT2D eigenvalue weighted by atomic mass is 10.5. The van der Waals surface area contributed by atoms with Crippen LogP contribution in [0.5, 0.6) is 0 Å². The number of aromatic nitrogens is 3. The third-order valence-corrected chi connectivity index (χ3v) is 1.21. The highest BCUT2D eigenvalue weighted by Gasteiger charge is 1.74. The summed E-state index contributed by atoms with van der Waals surface area (Å²) in [7, 11) is 0. The van der Waals surface area contributed by atoms with Crippen LogP contribution in [0.15, 0.2) is 41.6 Å². The minimum absolute atomic E-state index is 0.0405. The molecule has 2 rings (SSSR count). The van der Waals surface area contributed by atoms with E-state index in [1.807, 2.05) is 0 Å². The van der Waals surface area contributed by atoms with Crippen LogP contribution in [0.1, 0.15) is 0 Å². The third kappa shape index (κ3) is 3.76. The van der Waals surface area contributed by atoms with Crippen LogP contribution in [0.2, 0.25) is 0 Å². The van der Waals surface area contributed by atoms with Crippen LogP contribution in [0.4, 0.5) is 5.82 Å². The molecule has 2 heterocycles. The van der Waals surface area contributed by atoms with Crippen molar-refractivity contribution >= 4 is 5.82 Å². The summed E-state index contributed by atoms with van der Waals surface area (Å²) in [5.41, 5.74) is 5.20. The first kappa shape index (κ1) is 9.05. The topological polar surface area (TPSA) is 87.6 Å². The molecule has 0 fully saturated rings. The van der Waals surface area contributed by atoms with E-state index in [0.29, 0.717) is 5.82 Å². The van der Waals surface area contributed by atoms with E-state index in [4.69, 9.17) is 5.73 Å². The third-order valence-electron chi connectivity index (χ3n) is 1.21. The van der Waals surface area contributed by atoms with Crippen molar-refractivity contribution in [2.24, 2.45) is 0 Å². The second-order valence-electron chi connectivity index (χ2n) is 2.25. The van der Waals surface area contributed by atoms with Gasteiger partial charge in [0.15, 0.2) is 5.43 Å². The first-order valence-corrected chi connectivity index (χ1v) is 3.67. The largest absolute Gasteiger partial charge is 0.384 e. The minimum atomic E-state index is 0.0405. The number of hydrogen-bond acceptors (Lipinski definition) is 3. The van der Waals surface area contributed by atoms with E-state index in [2.05, 4.69) is 15.2 Å². The second-order valence-corrected chi connectivity index (χ2v) is 2.25. The predicted octanol–water partition coefficient (Wildman–Crippen LogP) is 0.367. The summed E-state index contributed by atoms with van der Waals surface area (Å²) >= 11 is 0. The Kier molecular flexibility index (Phi) is 3.31. The van der Waals surface area contributed by atoms with E-state index < -0.39 is 0 Å². The number of nitrogens with one attached hydrogen (secondary N) is 2. The van der Waals surface area contributed by atoms with Gasteiger partial charge in [-0.25, -0.2) is 0 Å². The quantitative estimate of drug-likeness (QED) is 0.544. The highest BCUT2D eigenvalue weighted by molar-refractivity contribution is 5.22. The van der Waals surface area contributed by atoms with Gasteiger partial charge in [-0.05, 0) is 6.07 Å². The molecular formula is C8H10N4O. The van der Waals surface area contributed by atoms with Gasteiger partial charge in [-0.3, -0.25) is 9.89 Å². The van der Waals surface area contributed by atoms with Gasteiger partial charge < -0.3 is 10.7 Å². The molecule has 5 heteroatoms. The molecule has 2 aromatic rings. The monoisotopic (exact) mass is 178 g/mol. The van der Waals surface area contributed by atoms with E-state index in [1.165, 1.54) is 12.1 Å². The van der Waals surface area contributed by atoms with Crippen molar-refractivity contribution in [3.8, 4) is 0 Å². The molecule has 0 unspecified atom stereocenters. The van der Waals surface area contributed by atoms with Crippen LogP contribution in [-0.2, 0) is 0 Å². The van der Waals surface area contributed by atoms with Crippen molar-refractivity contribution in [3.05, 3.63) is 47.0 Å². The zero-order chi connectivity index (χ0) is 9.52. The number of nitrogens with zero attached hydrogens (tertiary/aromatic N) is 1. The van der Waals surface area contributed by atoms with Crippen LogP contribution in [0, 0.1) is 0 Å². The van der Waals surface area contributed by atoms with Gasteiger partial charge in [0.2, 0.25) is 0 Å². The van der Waals surface area contributed by atoms with Crippen molar-refractivity contribution in [1.29, 1.82) is 0 Å². The molecule has 0 saturated heterocycles. The number of rotatable bonds is 0. The van der Waals surface area contributed by atoms with Crippen LogP contribution in [-0.4, -0.2) is 15.2 Å². The fourth-order valence-corrected chi connectivity index (χ4v) is 0.638. The molecule has 0 spiro atoms. The van der Waals surface area contributed by atoms with E-state index in [-0.39, 0.29) is 5.43 Å². The lowest BCUT2D eigenvalue weighted by Gasteiger charge is -1.73. The molecule has 0 radical (unpaired) electrons. The molecule has 0 bridgehead atoms. The average molecular weight is 178 g/mol. The maximum Gasteiger partial charge on any atom is 0.181 e. The van der Waals surface area contributed by atoms with Crippen molar-refractivity contribution in [1.82, 2.24) is 15.2 Å². The van der Waals surface area contributed by atoms with Gasteiger partial charge in [-0.1, -0.05) is 0 Å². The van der Waals surface area contributed by atoms with Crippen molar-refractivity contribution in [2.45, 2.75) is 0 Å². The molecule has 13 heavy (non-hydrogen) atoms. The van der Waals surface area contributed by atoms with Gasteiger partial charge in [-0.15, -0.1) is 0 Å². The van der Waals surface area contributed by atoms with Crippen LogP contribution in [0.25, 0.3) is 0 Å². The Morgan fingerprint density at radius 2 is 1.92 bits per heavy atom. The fourth-order valence-electron chi connectivity index (χ4n) is 0.638. The molecule has 0 atom stereocenters. The predicted molar refractivity (Wildman–Crippen MR) is 50.1 cm³/mol. The molecule has 0 aromatic carbocycles. The number of H-pyrrole nitrogens is 2. The zero-order valence-electron chi connectivity index (χ0n) is 6.90. The molecule has 2 aromatic heterocycles. The maximum absolute atomic E-state index is 10.2. The molecule has 5 nitrogen and oxygen atoms in total. The summed E-state index contributed by atoms with van der Waals surface area (Å²) in [6, 6.07) is 4.64. The summed E-state index contributed by atoms with van der Waals surface area (Å²) < 4.78 is 0. The smallest absolute Gasteiger partial charge is 0.181 e. The van der Waals surface area contributed by atoms with Gasteiger partial charge in [-0.2, -0.15) is 5.10 Å². The van der Waals surface area contributed by atoms with Gasteiger partial charge >= 0.3 is 0 Å². The molecule has 4 N–H and O–H groups in total. The molecule has 0 saturated carbocycles. The molecule has 68 valence electrons. The number of anilines is 1. The Morgan fingerprint density at radius 1 is 1.23 bits per heavy atom. The zero-order valence-corrected chi connectivity index (χ0v) is 6.90. The normalized spacial score (nSPS) is 8.62. The van der Waals surface area contributed by atoms with E-state index in [1.54, 1.807) is 24.7 Å². The number of hydrogen-bond donors (Lipinski definition) is 3. The fraction of sp³-hybridized carbons (Fsp3) is 0. The van der Waals surface area contributed by atoms with Gasteiger partial charge in [0.1, 0.15) is 5.82 Å². The molecule has 0 aliphatic heterocycles. The van der Waals surface area contributed by atoms with Crippen molar-refractivity contribution in [2.75, 3.05) is 5.73 Å². The van der Waals surface area contributed by atoms with E-state index in [0.717, 1.165) is 0 Å². The van der Waals surface area contributed by atoms with E-state index >= 15 is 0 Å². The Bertz CT molecular complexity index is 362. The lowest BCUT2D eigenvalue weighted by Crippen LogP contribution is -1.92. The summed E-state index contributed by atoms with van der Waals surface area (Å²) in [6.07, 6.45) is 4.81. The van der Waals surface area contributed by atoms with Gasteiger partial charge in [0.25, 0.3) is 0 Å². The molecular weight excluding hydrogens is 168 g/mol. The van der Waals surface area contributed by atoms with E-state index in [9.17, 15) is 4.79 Å². The first-order valence-electron chi connectivity index (χ1n) is 3.67. The Balaban J connectivity index is 0.000000132. The molecule has 0 amide bonds. The highest BCUT2D eigenvalue weighted by atomic mass is 16.1.